The number of piperazine rings is 1. The molecule has 1 aromatic heterocycles. The molecule has 0 aliphatic carbocycles. The van der Waals surface area contributed by atoms with Gasteiger partial charge in [-0.05, 0) is 61.0 Å². The summed E-state index contributed by atoms with van der Waals surface area (Å²) in [5.41, 5.74) is 3.76. The van der Waals surface area contributed by atoms with Crippen molar-refractivity contribution in [1.29, 1.82) is 0 Å². The minimum atomic E-state index is -0.457. The third kappa shape index (κ3) is 6.32. The van der Waals surface area contributed by atoms with Crippen molar-refractivity contribution in [3.63, 3.8) is 0 Å². The number of aromatic amines is 1. The first-order valence-electron chi connectivity index (χ1n) is 13.8. The molecule has 0 unspecified atom stereocenters. The minimum absolute atomic E-state index is 0.0431. The molecule has 10 heteroatoms. The molecule has 0 spiro atoms. The van der Waals surface area contributed by atoms with Crippen LogP contribution in [-0.2, 0) is 9.53 Å². The average molecular weight is 608 g/mol. The molecule has 42 heavy (non-hydrogen) atoms. The number of amides is 1. The molecule has 5 rings (SSSR count). The van der Waals surface area contributed by atoms with Gasteiger partial charge in [0.2, 0.25) is 5.91 Å². The van der Waals surface area contributed by atoms with Crippen molar-refractivity contribution in [2.75, 3.05) is 57.7 Å². The van der Waals surface area contributed by atoms with Gasteiger partial charge in [0.15, 0.2) is 0 Å². The Bertz CT molecular complexity index is 1550. The van der Waals surface area contributed by atoms with E-state index < -0.39 is 11.2 Å². The third-order valence-corrected chi connectivity index (χ3v) is 9.00. The van der Waals surface area contributed by atoms with E-state index in [1.165, 1.54) is 11.8 Å². The number of benzene rings is 3. The maximum absolute atomic E-state index is 13.5. The maximum Gasteiger partial charge on any atom is 0.355 e. The number of thioether (sulfide) groups is 1. The van der Waals surface area contributed by atoms with Crippen LogP contribution in [0.1, 0.15) is 33.8 Å². The van der Waals surface area contributed by atoms with E-state index in [0.29, 0.717) is 29.6 Å². The average Bonchev–Trinajstić information content (AvgIpc) is 3.41. The second kappa shape index (κ2) is 13.4. The van der Waals surface area contributed by atoms with E-state index in [1.807, 2.05) is 71.6 Å². The maximum atomic E-state index is 13.5. The van der Waals surface area contributed by atoms with E-state index in [4.69, 9.17) is 25.8 Å². The number of carbonyl (C=O) groups is 2. The number of nitrogens with zero attached hydrogens (tertiary/aromatic N) is 2. The number of aromatic nitrogens is 1. The lowest BCUT2D eigenvalue weighted by Gasteiger charge is -2.36. The summed E-state index contributed by atoms with van der Waals surface area (Å²) in [6, 6.07) is 21.1. The van der Waals surface area contributed by atoms with Crippen molar-refractivity contribution in [1.82, 2.24) is 9.88 Å². The molecule has 1 atom stereocenters. The molecule has 1 aliphatic rings. The lowest BCUT2D eigenvalue weighted by Crippen LogP contribution is -2.49. The van der Waals surface area contributed by atoms with Gasteiger partial charge in [0, 0.05) is 53.4 Å². The number of fused-ring (bicyclic) bond motifs is 1. The first kappa shape index (κ1) is 29.7. The van der Waals surface area contributed by atoms with Gasteiger partial charge in [-0.15, -0.1) is 11.8 Å². The number of esters is 1. The summed E-state index contributed by atoms with van der Waals surface area (Å²) in [6.45, 7) is 4.75. The summed E-state index contributed by atoms with van der Waals surface area (Å²) in [7, 11) is 3.26. The molecule has 4 aromatic rings. The number of hydrogen-bond acceptors (Lipinski definition) is 7. The van der Waals surface area contributed by atoms with Crippen molar-refractivity contribution in [2.24, 2.45) is 0 Å². The highest BCUT2D eigenvalue weighted by atomic mass is 35.5. The molecule has 2 heterocycles. The summed E-state index contributed by atoms with van der Waals surface area (Å²) in [5, 5.41) is 0.960. The number of hydrogen-bond donors (Lipinski definition) is 1. The third-order valence-electron chi connectivity index (χ3n) is 7.42. The van der Waals surface area contributed by atoms with Crippen molar-refractivity contribution in [2.45, 2.75) is 12.2 Å². The van der Waals surface area contributed by atoms with Crippen LogP contribution in [-0.4, -0.2) is 74.5 Å². The van der Waals surface area contributed by atoms with Crippen LogP contribution in [0, 0.1) is 0 Å². The molecule has 3 aromatic carbocycles. The van der Waals surface area contributed by atoms with Crippen LogP contribution in [0.15, 0.2) is 66.7 Å². The number of H-pyrrole nitrogens is 1. The van der Waals surface area contributed by atoms with Crippen LogP contribution in [0.4, 0.5) is 5.69 Å². The van der Waals surface area contributed by atoms with Crippen molar-refractivity contribution in [3.05, 3.63) is 88.6 Å². The van der Waals surface area contributed by atoms with Gasteiger partial charge in [-0.3, -0.25) is 4.79 Å². The summed E-state index contributed by atoms with van der Waals surface area (Å²) < 4.78 is 16.2. The van der Waals surface area contributed by atoms with Gasteiger partial charge < -0.3 is 29.0 Å². The molecule has 1 saturated heterocycles. The molecular weight excluding hydrogens is 574 g/mol. The lowest BCUT2D eigenvalue weighted by molar-refractivity contribution is -0.128. The van der Waals surface area contributed by atoms with Crippen LogP contribution in [0.2, 0.25) is 5.02 Å². The first-order chi connectivity index (χ1) is 20.4. The molecule has 0 saturated carbocycles. The highest BCUT2D eigenvalue weighted by Crippen LogP contribution is 2.44. The van der Waals surface area contributed by atoms with Crippen molar-refractivity contribution < 1.29 is 23.8 Å². The Morgan fingerprint density at radius 2 is 1.64 bits per heavy atom. The zero-order valence-electron chi connectivity index (χ0n) is 23.9. The lowest BCUT2D eigenvalue weighted by atomic mass is 10.0. The van der Waals surface area contributed by atoms with E-state index in [-0.39, 0.29) is 18.3 Å². The standard InChI is InChI=1S/C32H34ClN3O5S/c1-4-41-32(38)30-29(25-19-23(40-3)13-14-27(25)34-30)31(24-7-5-6-8-26(24)33)42-20-28(37)36-17-15-35(16-18-36)21-9-11-22(39-2)12-10-21/h5-14,19,31,34H,4,15-18,20H2,1-3H3/t31-/m0/s1. The Labute approximate surface area is 254 Å². The Morgan fingerprint density at radius 3 is 2.31 bits per heavy atom. The number of nitrogens with one attached hydrogen (secondary N) is 1. The molecule has 1 amide bonds. The predicted octanol–water partition coefficient (Wildman–Crippen LogP) is 6.19. The second-order valence-corrected chi connectivity index (χ2v) is 11.3. The Morgan fingerprint density at radius 1 is 0.952 bits per heavy atom. The molecule has 1 fully saturated rings. The van der Waals surface area contributed by atoms with Gasteiger partial charge >= 0.3 is 5.97 Å². The molecule has 220 valence electrons. The molecule has 0 bridgehead atoms. The smallest absolute Gasteiger partial charge is 0.355 e. The summed E-state index contributed by atoms with van der Waals surface area (Å²) >= 11 is 8.18. The fraction of sp³-hybridized carbons (Fsp3) is 0.312. The van der Waals surface area contributed by atoms with E-state index in [2.05, 4.69) is 9.88 Å². The van der Waals surface area contributed by atoms with E-state index in [0.717, 1.165) is 46.6 Å². The fourth-order valence-corrected chi connectivity index (χ4v) is 6.82. The van der Waals surface area contributed by atoms with Crippen LogP contribution in [0.25, 0.3) is 10.9 Å². The van der Waals surface area contributed by atoms with Gasteiger partial charge in [-0.25, -0.2) is 4.79 Å². The number of halogens is 1. The first-order valence-corrected chi connectivity index (χ1v) is 15.3. The number of rotatable bonds is 10. The molecule has 1 aliphatic heterocycles. The minimum Gasteiger partial charge on any atom is -0.497 e. The van der Waals surface area contributed by atoms with Gasteiger partial charge in [0.25, 0.3) is 0 Å². The number of methoxy groups -OCH3 is 2. The van der Waals surface area contributed by atoms with Crippen LogP contribution >= 0.6 is 23.4 Å². The quantitative estimate of drug-likeness (QED) is 0.215. The van der Waals surface area contributed by atoms with Gasteiger partial charge in [-0.2, -0.15) is 0 Å². The fourth-order valence-electron chi connectivity index (χ4n) is 5.22. The SMILES string of the molecule is CCOC(=O)c1[nH]c2ccc(OC)cc2c1[C@@H](SCC(=O)N1CCN(c2ccc(OC)cc2)CC1)c1ccccc1Cl. The normalized spacial score (nSPS) is 14.1. The topological polar surface area (TPSA) is 84.1 Å². The van der Waals surface area contributed by atoms with Gasteiger partial charge in [-0.1, -0.05) is 29.8 Å². The molecule has 8 nitrogen and oxygen atoms in total. The molecular formula is C32H34ClN3O5S. The Balaban J connectivity index is 1.40. The molecule has 1 N–H and O–H groups in total. The second-order valence-electron chi connectivity index (χ2n) is 9.82. The zero-order chi connectivity index (χ0) is 29.6. The zero-order valence-corrected chi connectivity index (χ0v) is 25.5. The predicted molar refractivity (Wildman–Crippen MR) is 168 cm³/mol. The van der Waals surface area contributed by atoms with Gasteiger partial charge in [0.05, 0.1) is 31.8 Å². The van der Waals surface area contributed by atoms with Crippen LogP contribution in [0.5, 0.6) is 11.5 Å². The number of anilines is 1. The number of ether oxygens (including phenoxy) is 3. The largest absolute Gasteiger partial charge is 0.497 e. The van der Waals surface area contributed by atoms with Gasteiger partial charge in [0.1, 0.15) is 17.2 Å². The number of carbonyl (C=O) groups excluding carboxylic acids is 2. The Kier molecular flexibility index (Phi) is 9.49. The van der Waals surface area contributed by atoms with Crippen LogP contribution in [0.3, 0.4) is 0 Å². The van der Waals surface area contributed by atoms with Crippen LogP contribution < -0.4 is 14.4 Å². The highest BCUT2D eigenvalue weighted by Gasteiger charge is 2.30. The summed E-state index contributed by atoms with van der Waals surface area (Å²) in [6.07, 6.45) is 0. The van der Waals surface area contributed by atoms with E-state index >= 15 is 0 Å². The summed E-state index contributed by atoms with van der Waals surface area (Å²) in [5.74, 6) is 1.28. The molecule has 0 radical (unpaired) electrons. The summed E-state index contributed by atoms with van der Waals surface area (Å²) in [4.78, 5) is 34.1. The van der Waals surface area contributed by atoms with E-state index in [1.54, 1.807) is 21.1 Å². The Hall–Kier alpha value is -3.82. The van der Waals surface area contributed by atoms with Crippen molar-refractivity contribution in [3.8, 4) is 11.5 Å². The highest BCUT2D eigenvalue weighted by molar-refractivity contribution is 8.00. The monoisotopic (exact) mass is 607 g/mol. The van der Waals surface area contributed by atoms with E-state index in [9.17, 15) is 9.59 Å². The van der Waals surface area contributed by atoms with Crippen molar-refractivity contribution >= 4 is 51.8 Å².